The minimum Gasteiger partial charge on any atom is -0.372 e. The number of rotatable bonds is 0. The van der Waals surface area contributed by atoms with Crippen LogP contribution in [0.3, 0.4) is 0 Å². The summed E-state index contributed by atoms with van der Waals surface area (Å²) in [5.74, 6) is -0.107. The lowest BCUT2D eigenvalue weighted by atomic mass is 9.65. The van der Waals surface area contributed by atoms with Gasteiger partial charge in [0.2, 0.25) is 11.8 Å². The fourth-order valence-electron chi connectivity index (χ4n) is 4.74. The van der Waals surface area contributed by atoms with Gasteiger partial charge in [-0.05, 0) is 0 Å². The van der Waals surface area contributed by atoms with Gasteiger partial charge in [-0.15, -0.1) is 0 Å². The van der Waals surface area contributed by atoms with E-state index in [0.717, 1.165) is 0 Å². The van der Waals surface area contributed by atoms with Crippen LogP contribution in [0.25, 0.3) is 0 Å². The third-order valence-corrected chi connectivity index (χ3v) is 5.41. The van der Waals surface area contributed by atoms with Gasteiger partial charge in [-0.1, -0.05) is 12.2 Å². The maximum absolute atomic E-state index is 12.1. The molecule has 0 aliphatic carbocycles. The van der Waals surface area contributed by atoms with Gasteiger partial charge in [-0.2, -0.15) is 0 Å². The molecule has 5 heterocycles. The highest BCUT2D eigenvalue weighted by atomic mass is 16.5. The third-order valence-electron chi connectivity index (χ3n) is 5.41. The molecule has 5 aliphatic rings. The Labute approximate surface area is 104 Å². The molecule has 18 heavy (non-hydrogen) atoms. The first kappa shape index (κ1) is 9.69. The van der Waals surface area contributed by atoms with Crippen LogP contribution < -0.4 is 0 Å². The average molecular weight is 247 g/mol. The zero-order valence-electron chi connectivity index (χ0n) is 9.85. The monoisotopic (exact) mass is 247 g/mol. The van der Waals surface area contributed by atoms with Crippen molar-refractivity contribution in [2.75, 3.05) is 7.05 Å². The van der Waals surface area contributed by atoms with E-state index in [9.17, 15) is 9.59 Å². The molecule has 0 unspecified atom stereocenters. The van der Waals surface area contributed by atoms with E-state index in [1.54, 1.807) is 7.05 Å². The molecule has 4 fully saturated rings. The van der Waals surface area contributed by atoms with Crippen LogP contribution in [0.15, 0.2) is 12.2 Å². The summed E-state index contributed by atoms with van der Waals surface area (Å²) < 4.78 is 11.8. The molecule has 4 bridgehead atoms. The van der Waals surface area contributed by atoms with Crippen LogP contribution in [-0.4, -0.2) is 48.2 Å². The third kappa shape index (κ3) is 0.788. The van der Waals surface area contributed by atoms with Crippen LogP contribution in [0, 0.1) is 23.7 Å². The highest BCUT2D eigenvalue weighted by molar-refractivity contribution is 6.06. The van der Waals surface area contributed by atoms with Crippen molar-refractivity contribution in [1.29, 1.82) is 0 Å². The van der Waals surface area contributed by atoms with Gasteiger partial charge in [0, 0.05) is 18.9 Å². The number of fused-ring (bicyclic) bond motifs is 12. The van der Waals surface area contributed by atoms with Gasteiger partial charge in [-0.25, -0.2) is 0 Å². The summed E-state index contributed by atoms with van der Waals surface area (Å²) >= 11 is 0. The second-order valence-corrected chi connectivity index (χ2v) is 5.96. The van der Waals surface area contributed by atoms with Gasteiger partial charge in [-0.3, -0.25) is 14.5 Å². The number of imide groups is 1. The molecule has 5 rings (SSSR count). The lowest BCUT2D eigenvalue weighted by molar-refractivity contribution is -0.141. The molecular weight excluding hydrogens is 234 g/mol. The molecule has 4 saturated heterocycles. The molecular formula is C13H13NO4. The summed E-state index contributed by atoms with van der Waals surface area (Å²) in [7, 11) is 1.58. The highest BCUT2D eigenvalue weighted by Crippen LogP contribution is 2.60. The molecule has 0 radical (unpaired) electrons. The number of hydrogen-bond acceptors (Lipinski definition) is 4. The van der Waals surface area contributed by atoms with E-state index >= 15 is 0 Å². The Morgan fingerprint density at radius 1 is 0.944 bits per heavy atom. The van der Waals surface area contributed by atoms with Crippen LogP contribution in [0.1, 0.15) is 0 Å². The minimum atomic E-state index is -0.259. The van der Waals surface area contributed by atoms with Gasteiger partial charge < -0.3 is 9.47 Å². The van der Waals surface area contributed by atoms with Crippen molar-refractivity contribution >= 4 is 11.8 Å². The fourth-order valence-corrected chi connectivity index (χ4v) is 4.74. The Balaban J connectivity index is 1.62. The van der Waals surface area contributed by atoms with Crippen LogP contribution in [0.2, 0.25) is 0 Å². The quantitative estimate of drug-likeness (QED) is 0.430. The fraction of sp³-hybridized carbons (Fsp3) is 0.692. The number of carbonyl (C=O) groups is 2. The molecule has 0 aromatic rings. The largest absolute Gasteiger partial charge is 0.372 e. The minimum absolute atomic E-state index is 0.0669. The molecule has 2 amide bonds. The van der Waals surface area contributed by atoms with Crippen molar-refractivity contribution < 1.29 is 19.1 Å². The number of nitrogens with zero attached hydrogens (tertiary/aromatic N) is 1. The van der Waals surface area contributed by atoms with E-state index in [1.165, 1.54) is 4.90 Å². The van der Waals surface area contributed by atoms with Gasteiger partial charge >= 0.3 is 0 Å². The number of carbonyl (C=O) groups excluding carboxylic acids is 2. The smallest absolute Gasteiger partial charge is 0.235 e. The molecule has 5 heteroatoms. The number of hydrogen-bond donors (Lipinski definition) is 0. The molecule has 0 spiro atoms. The summed E-state index contributed by atoms with van der Waals surface area (Å²) in [4.78, 5) is 25.6. The maximum atomic E-state index is 12.1. The molecule has 5 aliphatic heterocycles. The van der Waals surface area contributed by atoms with Crippen molar-refractivity contribution in [1.82, 2.24) is 4.90 Å². The lowest BCUT2D eigenvalue weighted by Crippen LogP contribution is -2.44. The Morgan fingerprint density at radius 3 is 1.94 bits per heavy atom. The van der Waals surface area contributed by atoms with Crippen molar-refractivity contribution in [3.05, 3.63) is 12.2 Å². The molecule has 8 atom stereocenters. The van der Waals surface area contributed by atoms with Gasteiger partial charge in [0.15, 0.2) is 0 Å². The van der Waals surface area contributed by atoms with E-state index < -0.39 is 0 Å². The lowest BCUT2D eigenvalue weighted by Gasteiger charge is -2.30. The normalized spacial score (nSPS) is 58.8. The molecule has 0 saturated carbocycles. The summed E-state index contributed by atoms with van der Waals surface area (Å²) in [6.07, 6.45) is 4.10. The van der Waals surface area contributed by atoms with E-state index in [0.29, 0.717) is 0 Å². The number of amides is 2. The van der Waals surface area contributed by atoms with Crippen LogP contribution >= 0.6 is 0 Å². The van der Waals surface area contributed by atoms with E-state index in [1.807, 2.05) is 0 Å². The van der Waals surface area contributed by atoms with E-state index in [-0.39, 0.29) is 59.9 Å². The van der Waals surface area contributed by atoms with Crippen LogP contribution in [0.5, 0.6) is 0 Å². The van der Waals surface area contributed by atoms with Crippen molar-refractivity contribution in [2.24, 2.45) is 23.7 Å². The SMILES string of the molecule is CN1C(=O)[C@@H]2[C@@H]3O[C@H]([C@@H]2C1=O)[C@@H]1[C@H]3[C@@H]2C=C[C@H]1O2. The Bertz CT molecular complexity index is 473. The van der Waals surface area contributed by atoms with Crippen molar-refractivity contribution in [2.45, 2.75) is 24.4 Å². The first-order chi connectivity index (χ1) is 8.68. The average Bonchev–Trinajstić information content (AvgIpc) is 3.11. The zero-order chi connectivity index (χ0) is 12.2. The Hall–Kier alpha value is -1.20. The standard InChI is InChI=1S/C13H13NO4/c1-14-12(15)8-9(13(14)16)11-7-5-3-2-4(17-5)6(7)10(8)18-11/h2-11H,1H3/t4-,5+,6+,7-,8-,9+,10+,11-. The predicted octanol–water partition coefficient (Wildman–Crippen LogP) is -0.432. The predicted molar refractivity (Wildman–Crippen MR) is 58.2 cm³/mol. The van der Waals surface area contributed by atoms with Crippen LogP contribution in [-0.2, 0) is 19.1 Å². The van der Waals surface area contributed by atoms with E-state index in [4.69, 9.17) is 9.47 Å². The first-order valence-corrected chi connectivity index (χ1v) is 6.49. The number of ether oxygens (including phenoxy) is 2. The molecule has 0 aromatic carbocycles. The molecule has 0 aromatic heterocycles. The topological polar surface area (TPSA) is 55.8 Å². The summed E-state index contributed by atoms with van der Waals surface area (Å²) in [5, 5.41) is 0. The summed E-state index contributed by atoms with van der Waals surface area (Å²) in [6.45, 7) is 0. The van der Waals surface area contributed by atoms with E-state index in [2.05, 4.69) is 12.2 Å². The van der Waals surface area contributed by atoms with Crippen molar-refractivity contribution in [3.8, 4) is 0 Å². The Morgan fingerprint density at radius 2 is 1.44 bits per heavy atom. The second kappa shape index (κ2) is 2.70. The molecule has 94 valence electrons. The summed E-state index contributed by atoms with van der Waals surface area (Å²) in [6, 6.07) is 0. The van der Waals surface area contributed by atoms with Gasteiger partial charge in [0.25, 0.3) is 0 Å². The summed E-state index contributed by atoms with van der Waals surface area (Å²) in [5.41, 5.74) is 0. The zero-order valence-corrected chi connectivity index (χ0v) is 9.85. The first-order valence-electron chi connectivity index (χ1n) is 6.49. The maximum Gasteiger partial charge on any atom is 0.235 e. The van der Waals surface area contributed by atoms with Crippen LogP contribution in [0.4, 0.5) is 0 Å². The van der Waals surface area contributed by atoms with Gasteiger partial charge in [0.1, 0.15) is 0 Å². The van der Waals surface area contributed by atoms with Gasteiger partial charge in [0.05, 0.1) is 36.3 Å². The van der Waals surface area contributed by atoms with Crippen molar-refractivity contribution in [3.63, 3.8) is 0 Å². The molecule has 5 nitrogen and oxygen atoms in total. The highest BCUT2D eigenvalue weighted by Gasteiger charge is 2.72. The Kier molecular flexibility index (Phi) is 1.45. The number of likely N-dealkylation sites (tertiary alicyclic amines) is 1. The second-order valence-electron chi connectivity index (χ2n) is 5.96. The molecule has 0 N–H and O–H groups in total.